The Labute approximate surface area is 259 Å². The van der Waals surface area contributed by atoms with Crippen molar-refractivity contribution in [3.8, 4) is 5.75 Å². The zero-order valence-corrected chi connectivity index (χ0v) is 26.5. The van der Waals surface area contributed by atoms with E-state index < -0.39 is 0 Å². The molecule has 0 fully saturated rings. The van der Waals surface area contributed by atoms with Gasteiger partial charge in [-0.2, -0.15) is 0 Å². The molecule has 2 heterocycles. The van der Waals surface area contributed by atoms with Crippen LogP contribution in [0, 0.1) is 0 Å². The van der Waals surface area contributed by atoms with E-state index in [0.29, 0.717) is 19.4 Å². The van der Waals surface area contributed by atoms with E-state index in [2.05, 4.69) is 46.6 Å². The van der Waals surface area contributed by atoms with Crippen molar-refractivity contribution in [1.82, 2.24) is 9.38 Å². The smallest absolute Gasteiger partial charge is 0.227 e. The SMILES string of the molecule is CCCCCCCCCCCCCCOc1cccc(CN(C(=O)CC)c2cccc(Cc3ncc4ccccn34)c2)c1. The maximum atomic E-state index is 13.1. The monoisotopic (exact) mass is 581 g/mol. The minimum atomic E-state index is 0.103. The number of unbranched alkanes of at least 4 members (excludes halogenated alkanes) is 11. The van der Waals surface area contributed by atoms with E-state index in [1.807, 2.05) is 60.6 Å². The molecule has 0 aliphatic carbocycles. The summed E-state index contributed by atoms with van der Waals surface area (Å²) in [6, 6.07) is 22.6. The van der Waals surface area contributed by atoms with Crippen molar-refractivity contribution in [2.24, 2.45) is 0 Å². The number of amides is 1. The second-order valence-electron chi connectivity index (χ2n) is 11.7. The lowest BCUT2D eigenvalue weighted by atomic mass is 10.1. The van der Waals surface area contributed by atoms with Gasteiger partial charge in [-0.05, 0) is 53.9 Å². The summed E-state index contributed by atoms with van der Waals surface area (Å²) in [6.07, 6.45) is 21.1. The number of hydrogen-bond acceptors (Lipinski definition) is 3. The van der Waals surface area contributed by atoms with Gasteiger partial charge in [0.2, 0.25) is 5.91 Å². The van der Waals surface area contributed by atoms with Gasteiger partial charge in [0.05, 0.1) is 24.9 Å². The number of aromatic nitrogens is 2. The molecule has 4 aromatic rings. The van der Waals surface area contributed by atoms with Crippen LogP contribution in [-0.2, 0) is 17.8 Å². The van der Waals surface area contributed by atoms with Gasteiger partial charge in [-0.3, -0.25) is 4.79 Å². The molecule has 0 N–H and O–H groups in total. The topological polar surface area (TPSA) is 46.8 Å². The highest BCUT2D eigenvalue weighted by atomic mass is 16.5. The molecule has 230 valence electrons. The fourth-order valence-corrected chi connectivity index (χ4v) is 5.71. The average Bonchev–Trinajstić information content (AvgIpc) is 3.44. The van der Waals surface area contributed by atoms with E-state index in [1.165, 1.54) is 70.6 Å². The van der Waals surface area contributed by atoms with E-state index in [9.17, 15) is 4.79 Å². The summed E-state index contributed by atoms with van der Waals surface area (Å²) in [4.78, 5) is 19.6. The lowest BCUT2D eigenvalue weighted by molar-refractivity contribution is -0.118. The molecule has 0 spiro atoms. The third kappa shape index (κ3) is 10.6. The standard InChI is InChI=1S/C38H51N3O2/c1-3-5-6-7-8-9-10-11-12-13-14-17-26-43-36-24-19-21-33(28-36)31-41(38(42)4-2)34-23-18-20-32(27-34)29-37-39-30-35-22-15-16-25-40(35)37/h15-16,18-25,27-28,30H,3-14,17,26,29,31H2,1-2H3. The van der Waals surface area contributed by atoms with E-state index >= 15 is 0 Å². The van der Waals surface area contributed by atoms with Crippen molar-refractivity contribution in [3.63, 3.8) is 0 Å². The Morgan fingerprint density at radius 3 is 2.21 bits per heavy atom. The highest BCUT2D eigenvalue weighted by Crippen LogP contribution is 2.24. The minimum Gasteiger partial charge on any atom is -0.494 e. The normalized spacial score (nSPS) is 11.2. The number of carbonyl (C=O) groups is 1. The number of nitrogens with zero attached hydrogens (tertiary/aromatic N) is 3. The number of imidazole rings is 1. The van der Waals surface area contributed by atoms with Crippen LogP contribution in [0.3, 0.4) is 0 Å². The van der Waals surface area contributed by atoms with Crippen molar-refractivity contribution >= 4 is 17.1 Å². The van der Waals surface area contributed by atoms with Gasteiger partial charge in [0, 0.05) is 24.7 Å². The molecule has 0 saturated carbocycles. The molecule has 0 saturated heterocycles. The molecule has 2 aromatic carbocycles. The molecule has 0 aliphatic heterocycles. The van der Waals surface area contributed by atoms with Crippen LogP contribution in [0.1, 0.15) is 114 Å². The van der Waals surface area contributed by atoms with E-state index in [4.69, 9.17) is 4.74 Å². The first-order valence-electron chi connectivity index (χ1n) is 16.7. The third-order valence-electron chi connectivity index (χ3n) is 8.21. The van der Waals surface area contributed by atoms with Crippen LogP contribution in [0.2, 0.25) is 0 Å². The van der Waals surface area contributed by atoms with Gasteiger partial charge < -0.3 is 14.0 Å². The van der Waals surface area contributed by atoms with Gasteiger partial charge in [0.1, 0.15) is 11.6 Å². The molecule has 5 nitrogen and oxygen atoms in total. The number of carbonyl (C=O) groups excluding carboxylic acids is 1. The Balaban J connectivity index is 1.24. The minimum absolute atomic E-state index is 0.103. The lowest BCUT2D eigenvalue weighted by Crippen LogP contribution is -2.29. The number of pyridine rings is 1. The zero-order valence-electron chi connectivity index (χ0n) is 26.5. The largest absolute Gasteiger partial charge is 0.494 e. The van der Waals surface area contributed by atoms with Crippen molar-refractivity contribution < 1.29 is 9.53 Å². The first kappa shape index (κ1) is 32.3. The van der Waals surface area contributed by atoms with E-state index in [-0.39, 0.29) is 5.91 Å². The number of rotatable bonds is 20. The first-order valence-corrected chi connectivity index (χ1v) is 16.7. The summed E-state index contributed by atoms with van der Waals surface area (Å²) in [5.74, 6) is 1.97. The molecule has 0 bridgehead atoms. The molecular formula is C38H51N3O2. The van der Waals surface area contributed by atoms with Crippen LogP contribution in [0.25, 0.3) is 5.52 Å². The fourth-order valence-electron chi connectivity index (χ4n) is 5.71. The Morgan fingerprint density at radius 1 is 0.767 bits per heavy atom. The molecule has 2 aromatic heterocycles. The van der Waals surface area contributed by atoms with Gasteiger partial charge >= 0.3 is 0 Å². The number of hydrogen-bond donors (Lipinski definition) is 0. The maximum absolute atomic E-state index is 13.1. The van der Waals surface area contributed by atoms with Crippen LogP contribution in [0.5, 0.6) is 5.75 Å². The second-order valence-corrected chi connectivity index (χ2v) is 11.7. The van der Waals surface area contributed by atoms with Crippen LogP contribution in [0.15, 0.2) is 79.1 Å². The predicted molar refractivity (Wildman–Crippen MR) is 179 cm³/mol. The highest BCUT2D eigenvalue weighted by Gasteiger charge is 2.16. The van der Waals surface area contributed by atoms with Gasteiger partial charge in [-0.25, -0.2) is 4.98 Å². The van der Waals surface area contributed by atoms with Gasteiger partial charge in [-0.1, -0.05) is 115 Å². The molecule has 1 amide bonds. The molecule has 0 atom stereocenters. The maximum Gasteiger partial charge on any atom is 0.227 e. The summed E-state index contributed by atoms with van der Waals surface area (Å²) in [5, 5.41) is 0. The van der Waals surface area contributed by atoms with Crippen molar-refractivity contribution in [2.75, 3.05) is 11.5 Å². The van der Waals surface area contributed by atoms with Gasteiger partial charge in [-0.15, -0.1) is 0 Å². The average molecular weight is 582 g/mol. The van der Waals surface area contributed by atoms with Crippen LogP contribution >= 0.6 is 0 Å². The van der Waals surface area contributed by atoms with Crippen LogP contribution < -0.4 is 9.64 Å². The van der Waals surface area contributed by atoms with E-state index in [0.717, 1.165) is 46.9 Å². The quantitative estimate of drug-likeness (QED) is 0.0976. The van der Waals surface area contributed by atoms with Crippen molar-refractivity contribution in [2.45, 2.75) is 110 Å². The van der Waals surface area contributed by atoms with Gasteiger partial charge in [0.15, 0.2) is 0 Å². The van der Waals surface area contributed by atoms with Gasteiger partial charge in [0.25, 0.3) is 0 Å². The molecular weight excluding hydrogens is 530 g/mol. The number of benzene rings is 2. The Kier molecular flexibility index (Phi) is 13.6. The van der Waals surface area contributed by atoms with Crippen LogP contribution in [-0.4, -0.2) is 21.9 Å². The molecule has 43 heavy (non-hydrogen) atoms. The Bertz CT molecular complexity index is 1380. The highest BCUT2D eigenvalue weighted by molar-refractivity contribution is 5.93. The summed E-state index contributed by atoms with van der Waals surface area (Å²) in [5.41, 5.74) is 4.19. The van der Waals surface area contributed by atoms with Crippen LogP contribution in [0.4, 0.5) is 5.69 Å². The number of fused-ring (bicyclic) bond motifs is 1. The third-order valence-corrected chi connectivity index (χ3v) is 8.21. The molecule has 0 unspecified atom stereocenters. The predicted octanol–water partition coefficient (Wildman–Crippen LogP) is 9.95. The number of anilines is 1. The zero-order chi connectivity index (χ0) is 30.1. The van der Waals surface area contributed by atoms with E-state index in [1.54, 1.807) is 0 Å². The van der Waals surface area contributed by atoms with Crippen molar-refractivity contribution in [3.05, 3.63) is 96.1 Å². The summed E-state index contributed by atoms with van der Waals surface area (Å²) >= 11 is 0. The molecule has 0 aliphatic rings. The molecule has 4 rings (SSSR count). The first-order chi connectivity index (χ1) is 21.2. The summed E-state index contributed by atoms with van der Waals surface area (Å²) < 4.78 is 8.23. The molecule has 5 heteroatoms. The lowest BCUT2D eigenvalue weighted by Gasteiger charge is -2.23. The fraction of sp³-hybridized carbons (Fsp3) is 0.474. The second kappa shape index (κ2) is 18.1. The molecule has 0 radical (unpaired) electrons. The summed E-state index contributed by atoms with van der Waals surface area (Å²) in [6.45, 7) is 5.45. The Morgan fingerprint density at radius 2 is 1.47 bits per heavy atom. The Hall–Kier alpha value is -3.60. The number of ether oxygens (including phenoxy) is 1. The van der Waals surface area contributed by atoms with Crippen molar-refractivity contribution in [1.29, 1.82) is 0 Å². The summed E-state index contributed by atoms with van der Waals surface area (Å²) in [7, 11) is 0.